The highest BCUT2D eigenvalue weighted by molar-refractivity contribution is 5.76. The van der Waals surface area contributed by atoms with Crippen LogP contribution in [0, 0.1) is 0 Å². The summed E-state index contributed by atoms with van der Waals surface area (Å²) < 4.78 is 5.45. The fourth-order valence-corrected chi connectivity index (χ4v) is 8.98. The summed E-state index contributed by atoms with van der Waals surface area (Å²) in [6.07, 6.45) is 66.3. The van der Waals surface area contributed by atoms with Crippen LogP contribution >= 0.6 is 0 Å². The molecule has 0 aliphatic rings. The Balaban J connectivity index is 3.53. The number of unbranched alkanes of at least 4 members (excludes halogenated alkanes) is 41. The second kappa shape index (κ2) is 54.9. The Morgan fingerprint density at radius 2 is 0.723 bits per heavy atom. The third-order valence-electron chi connectivity index (χ3n) is 13.5. The molecule has 6 heteroatoms. The number of hydrogen-bond acceptors (Lipinski definition) is 5. The van der Waals surface area contributed by atoms with Gasteiger partial charge in [-0.3, -0.25) is 9.59 Å². The molecule has 0 rings (SSSR count). The Kier molecular flexibility index (Phi) is 53.5. The van der Waals surface area contributed by atoms with E-state index in [9.17, 15) is 19.8 Å². The van der Waals surface area contributed by atoms with Gasteiger partial charge in [0.05, 0.1) is 25.4 Å². The first-order chi connectivity index (χ1) is 32.0. The summed E-state index contributed by atoms with van der Waals surface area (Å²) in [5, 5.41) is 23.1. The van der Waals surface area contributed by atoms with Gasteiger partial charge in [-0.25, -0.2) is 0 Å². The molecule has 0 radical (unpaired) electrons. The predicted molar refractivity (Wildman–Crippen MR) is 283 cm³/mol. The molecule has 0 saturated heterocycles. The minimum atomic E-state index is -0.866. The number of hydrogen-bond donors (Lipinski definition) is 3. The van der Waals surface area contributed by atoms with Gasteiger partial charge in [-0.1, -0.05) is 269 Å². The van der Waals surface area contributed by atoms with Gasteiger partial charge < -0.3 is 20.3 Å². The molecule has 0 aliphatic carbocycles. The van der Waals surface area contributed by atoms with Crippen LogP contribution in [0.5, 0.6) is 0 Å². The predicted octanol–water partition coefficient (Wildman–Crippen LogP) is 17.9. The quantitative estimate of drug-likeness (QED) is 0.0321. The average Bonchev–Trinajstić information content (AvgIpc) is 3.31. The van der Waals surface area contributed by atoms with Gasteiger partial charge in [0.2, 0.25) is 5.91 Å². The first-order valence-electron chi connectivity index (χ1n) is 29.1. The van der Waals surface area contributed by atoms with Gasteiger partial charge in [0.25, 0.3) is 0 Å². The summed E-state index contributed by atoms with van der Waals surface area (Å²) in [5.41, 5.74) is 0. The number of nitrogens with one attached hydrogen (secondary N) is 1. The lowest BCUT2D eigenvalue weighted by atomic mass is 10.0. The number of aliphatic hydroxyl groups is 2. The first-order valence-corrected chi connectivity index (χ1v) is 29.1. The molecule has 65 heavy (non-hydrogen) atoms. The molecular weight excluding hydrogens is 803 g/mol. The fraction of sp³-hybridized carbons (Fsp3) is 0.898. The molecule has 0 heterocycles. The van der Waals surface area contributed by atoms with Gasteiger partial charge >= 0.3 is 5.97 Å². The minimum Gasteiger partial charge on any atom is -0.466 e. The lowest BCUT2D eigenvalue weighted by Crippen LogP contribution is -2.45. The zero-order valence-electron chi connectivity index (χ0n) is 43.7. The monoisotopic (exact) mass is 916 g/mol. The maximum atomic E-state index is 12.5. The van der Waals surface area contributed by atoms with Gasteiger partial charge in [0.15, 0.2) is 0 Å². The number of allylic oxidation sites excluding steroid dienone is 3. The number of aliphatic hydroxyl groups excluding tert-OH is 2. The summed E-state index contributed by atoms with van der Waals surface area (Å²) in [6.45, 7) is 4.84. The lowest BCUT2D eigenvalue weighted by molar-refractivity contribution is -0.143. The summed E-state index contributed by atoms with van der Waals surface area (Å²) in [5.74, 6) is -0.135. The third kappa shape index (κ3) is 51.6. The smallest absolute Gasteiger partial charge is 0.305 e. The SMILES string of the molecule is CCCCCCCCCCCCCCCCCCCCCC/C=C/C(O)C(CO)NC(=O)CCCCCC/C=C\CCCCOC(=O)CCCCCCCCCCCCCCCCCC. The van der Waals surface area contributed by atoms with Crippen LogP contribution in [-0.4, -0.2) is 47.4 Å². The van der Waals surface area contributed by atoms with Crippen molar-refractivity contribution in [2.45, 2.75) is 328 Å². The molecule has 0 spiro atoms. The van der Waals surface area contributed by atoms with Crippen molar-refractivity contribution in [3.05, 3.63) is 24.3 Å². The topological polar surface area (TPSA) is 95.9 Å². The molecule has 6 nitrogen and oxygen atoms in total. The Hall–Kier alpha value is -1.66. The van der Waals surface area contributed by atoms with E-state index in [1.807, 2.05) is 6.08 Å². The van der Waals surface area contributed by atoms with E-state index in [4.69, 9.17) is 4.74 Å². The standard InChI is InChI=1S/C59H113NO5/c1-3-5-7-9-11-13-15-17-19-21-22-23-24-25-26-27-29-31-35-39-43-47-51-57(62)56(55-61)60-58(63)52-48-44-40-36-33-34-38-42-46-50-54-65-59(64)53-49-45-41-37-32-30-28-20-18-16-14-12-10-8-6-4-2/h34,38,47,51,56-57,61-62H,3-33,35-37,39-46,48-50,52-55H2,1-2H3,(H,60,63)/b38-34-,51-47+. The number of carbonyl (C=O) groups excluding carboxylic acids is 2. The summed E-state index contributed by atoms with van der Waals surface area (Å²) >= 11 is 0. The molecule has 2 atom stereocenters. The van der Waals surface area contributed by atoms with E-state index < -0.39 is 12.1 Å². The van der Waals surface area contributed by atoms with Crippen LogP contribution in [0.4, 0.5) is 0 Å². The number of carbonyl (C=O) groups is 2. The van der Waals surface area contributed by atoms with Gasteiger partial charge in [0.1, 0.15) is 0 Å². The van der Waals surface area contributed by atoms with Crippen molar-refractivity contribution in [1.29, 1.82) is 0 Å². The third-order valence-corrected chi connectivity index (χ3v) is 13.5. The molecule has 0 aromatic rings. The Morgan fingerprint density at radius 1 is 0.415 bits per heavy atom. The van der Waals surface area contributed by atoms with E-state index in [2.05, 4.69) is 31.3 Å². The summed E-state index contributed by atoms with van der Waals surface area (Å²) in [4.78, 5) is 24.5. The Morgan fingerprint density at radius 3 is 1.09 bits per heavy atom. The van der Waals surface area contributed by atoms with Crippen molar-refractivity contribution in [2.75, 3.05) is 13.2 Å². The maximum absolute atomic E-state index is 12.5. The molecule has 1 amide bonds. The van der Waals surface area contributed by atoms with Crippen LogP contribution in [0.2, 0.25) is 0 Å². The van der Waals surface area contributed by atoms with Crippen molar-refractivity contribution in [3.8, 4) is 0 Å². The van der Waals surface area contributed by atoms with Gasteiger partial charge in [-0.05, 0) is 57.8 Å². The van der Waals surface area contributed by atoms with Crippen LogP contribution in [0.1, 0.15) is 316 Å². The van der Waals surface area contributed by atoms with E-state index in [1.54, 1.807) is 6.08 Å². The van der Waals surface area contributed by atoms with E-state index in [1.165, 1.54) is 212 Å². The van der Waals surface area contributed by atoms with Crippen molar-refractivity contribution >= 4 is 11.9 Å². The van der Waals surface area contributed by atoms with Crippen LogP contribution in [0.3, 0.4) is 0 Å². The molecule has 0 fully saturated rings. The van der Waals surface area contributed by atoms with E-state index in [0.29, 0.717) is 19.4 Å². The highest BCUT2D eigenvalue weighted by Gasteiger charge is 2.18. The maximum Gasteiger partial charge on any atom is 0.305 e. The zero-order chi connectivity index (χ0) is 47.2. The molecular formula is C59H113NO5. The summed E-state index contributed by atoms with van der Waals surface area (Å²) in [6, 6.07) is -0.653. The highest BCUT2D eigenvalue weighted by atomic mass is 16.5. The lowest BCUT2D eigenvalue weighted by Gasteiger charge is -2.20. The number of amides is 1. The van der Waals surface area contributed by atoms with Crippen LogP contribution in [0.25, 0.3) is 0 Å². The number of rotatable bonds is 54. The Bertz CT molecular complexity index is 1010. The largest absolute Gasteiger partial charge is 0.466 e. The van der Waals surface area contributed by atoms with Crippen LogP contribution in [-0.2, 0) is 14.3 Å². The van der Waals surface area contributed by atoms with Crippen molar-refractivity contribution < 1.29 is 24.5 Å². The van der Waals surface area contributed by atoms with E-state index >= 15 is 0 Å². The molecule has 2 unspecified atom stereocenters. The van der Waals surface area contributed by atoms with Gasteiger partial charge in [0, 0.05) is 12.8 Å². The highest BCUT2D eigenvalue weighted by Crippen LogP contribution is 2.17. The molecule has 0 aromatic carbocycles. The van der Waals surface area contributed by atoms with Crippen molar-refractivity contribution in [2.24, 2.45) is 0 Å². The molecule has 0 saturated carbocycles. The second-order valence-corrected chi connectivity index (χ2v) is 20.0. The molecule has 0 aliphatic heterocycles. The van der Waals surface area contributed by atoms with Gasteiger partial charge in [-0.2, -0.15) is 0 Å². The fourth-order valence-electron chi connectivity index (χ4n) is 8.98. The average molecular weight is 917 g/mol. The van der Waals surface area contributed by atoms with Gasteiger partial charge in [-0.15, -0.1) is 0 Å². The normalized spacial score (nSPS) is 12.7. The number of esters is 1. The second-order valence-electron chi connectivity index (χ2n) is 20.0. The van der Waals surface area contributed by atoms with Crippen LogP contribution in [0.15, 0.2) is 24.3 Å². The van der Waals surface area contributed by atoms with E-state index in [-0.39, 0.29) is 18.5 Å². The van der Waals surface area contributed by atoms with Crippen molar-refractivity contribution in [3.63, 3.8) is 0 Å². The minimum absolute atomic E-state index is 0.0344. The van der Waals surface area contributed by atoms with Crippen molar-refractivity contribution in [1.82, 2.24) is 5.32 Å². The van der Waals surface area contributed by atoms with E-state index in [0.717, 1.165) is 77.0 Å². The first kappa shape index (κ1) is 63.3. The summed E-state index contributed by atoms with van der Waals surface area (Å²) in [7, 11) is 0. The molecule has 0 bridgehead atoms. The molecule has 3 N–H and O–H groups in total. The molecule has 0 aromatic heterocycles. The molecule has 384 valence electrons. The van der Waals surface area contributed by atoms with Crippen LogP contribution < -0.4 is 5.32 Å². The Labute approximate surface area is 405 Å². The number of ether oxygens (including phenoxy) is 1. The zero-order valence-corrected chi connectivity index (χ0v) is 43.7.